The van der Waals surface area contributed by atoms with Crippen LogP contribution in [-0.4, -0.2) is 54.5 Å². The van der Waals surface area contributed by atoms with Gasteiger partial charge < -0.3 is 5.32 Å². The van der Waals surface area contributed by atoms with Crippen molar-refractivity contribution in [2.75, 3.05) is 26.7 Å². The summed E-state index contributed by atoms with van der Waals surface area (Å²) in [6, 6.07) is 11.1. The van der Waals surface area contributed by atoms with Crippen LogP contribution in [-0.2, 0) is 11.3 Å². The van der Waals surface area contributed by atoms with Crippen LogP contribution in [0.5, 0.6) is 0 Å². The molecule has 0 saturated carbocycles. The van der Waals surface area contributed by atoms with E-state index in [1.807, 2.05) is 25.2 Å². The van der Waals surface area contributed by atoms with E-state index < -0.39 is 0 Å². The summed E-state index contributed by atoms with van der Waals surface area (Å²) >= 11 is 0. The van der Waals surface area contributed by atoms with Gasteiger partial charge in [0.25, 0.3) is 0 Å². The molecule has 116 valence electrons. The SMILES string of the molecule is CC(C)N1CCC(NC(=O)CN(C)Cc2ccccc2)C1. The van der Waals surface area contributed by atoms with E-state index in [2.05, 4.69) is 41.1 Å². The van der Waals surface area contributed by atoms with Crippen molar-refractivity contribution in [2.45, 2.75) is 38.9 Å². The largest absolute Gasteiger partial charge is 0.351 e. The molecule has 1 saturated heterocycles. The molecular weight excluding hydrogens is 262 g/mol. The van der Waals surface area contributed by atoms with E-state index in [1.165, 1.54) is 5.56 Å². The van der Waals surface area contributed by atoms with Gasteiger partial charge in [-0.25, -0.2) is 0 Å². The van der Waals surface area contributed by atoms with E-state index >= 15 is 0 Å². The highest BCUT2D eigenvalue weighted by Gasteiger charge is 2.25. The Balaban J connectivity index is 1.72. The maximum atomic E-state index is 12.1. The van der Waals surface area contributed by atoms with E-state index in [0.717, 1.165) is 26.1 Å². The Kier molecular flexibility index (Phi) is 5.76. The summed E-state index contributed by atoms with van der Waals surface area (Å²) in [5.41, 5.74) is 1.24. The van der Waals surface area contributed by atoms with Gasteiger partial charge in [-0.2, -0.15) is 0 Å². The van der Waals surface area contributed by atoms with Gasteiger partial charge in [0.05, 0.1) is 6.54 Å². The number of likely N-dealkylation sites (N-methyl/N-ethyl adjacent to an activating group) is 1. The van der Waals surface area contributed by atoms with Crippen LogP contribution in [0.4, 0.5) is 0 Å². The second-order valence-corrected chi connectivity index (χ2v) is 6.30. The molecule has 21 heavy (non-hydrogen) atoms. The number of hydrogen-bond donors (Lipinski definition) is 1. The van der Waals surface area contributed by atoms with Gasteiger partial charge in [-0.05, 0) is 32.9 Å². The maximum Gasteiger partial charge on any atom is 0.234 e. The molecule has 2 rings (SSSR count). The topological polar surface area (TPSA) is 35.6 Å². The Morgan fingerprint density at radius 2 is 2.10 bits per heavy atom. The molecule has 0 aromatic heterocycles. The van der Waals surface area contributed by atoms with Crippen LogP contribution in [0.2, 0.25) is 0 Å². The van der Waals surface area contributed by atoms with Crippen molar-refractivity contribution in [1.82, 2.24) is 15.1 Å². The first-order chi connectivity index (χ1) is 10.0. The number of rotatable bonds is 6. The normalized spacial score (nSPS) is 19.4. The molecule has 1 atom stereocenters. The monoisotopic (exact) mass is 289 g/mol. The molecular formula is C17H27N3O. The Bertz CT molecular complexity index is 447. The number of carbonyl (C=O) groups excluding carboxylic acids is 1. The standard InChI is InChI=1S/C17H27N3O/c1-14(2)20-10-9-16(12-20)18-17(21)13-19(3)11-15-7-5-4-6-8-15/h4-8,14,16H,9-13H2,1-3H3,(H,18,21). The Labute approximate surface area is 128 Å². The number of benzene rings is 1. The van der Waals surface area contributed by atoms with Crippen molar-refractivity contribution in [2.24, 2.45) is 0 Å². The van der Waals surface area contributed by atoms with Crippen LogP contribution < -0.4 is 5.32 Å². The summed E-state index contributed by atoms with van der Waals surface area (Å²) in [5, 5.41) is 3.16. The minimum atomic E-state index is 0.129. The summed E-state index contributed by atoms with van der Waals surface area (Å²) in [6.45, 7) is 7.73. The van der Waals surface area contributed by atoms with Crippen LogP contribution in [0.25, 0.3) is 0 Å². The molecule has 1 aromatic carbocycles. The van der Waals surface area contributed by atoms with Crippen LogP contribution >= 0.6 is 0 Å². The van der Waals surface area contributed by atoms with Crippen molar-refractivity contribution in [3.63, 3.8) is 0 Å². The van der Waals surface area contributed by atoms with Gasteiger partial charge in [-0.3, -0.25) is 14.6 Å². The molecule has 0 spiro atoms. The first-order valence-corrected chi connectivity index (χ1v) is 7.80. The van der Waals surface area contributed by atoms with Crippen LogP contribution in [0.3, 0.4) is 0 Å². The lowest BCUT2D eigenvalue weighted by atomic mass is 10.2. The fraction of sp³-hybridized carbons (Fsp3) is 0.588. The van der Waals surface area contributed by atoms with Crippen LogP contribution in [0.15, 0.2) is 30.3 Å². The van der Waals surface area contributed by atoms with Gasteiger partial charge in [0.2, 0.25) is 5.91 Å². The Morgan fingerprint density at radius 1 is 1.38 bits per heavy atom. The van der Waals surface area contributed by atoms with E-state index in [4.69, 9.17) is 0 Å². The predicted molar refractivity (Wildman–Crippen MR) is 86.0 cm³/mol. The lowest BCUT2D eigenvalue weighted by Crippen LogP contribution is -2.42. The highest BCUT2D eigenvalue weighted by molar-refractivity contribution is 5.78. The van der Waals surface area contributed by atoms with Crippen molar-refractivity contribution in [1.29, 1.82) is 0 Å². The fourth-order valence-electron chi connectivity index (χ4n) is 2.84. The number of hydrogen-bond acceptors (Lipinski definition) is 3. The van der Waals surface area contributed by atoms with E-state index in [9.17, 15) is 4.79 Å². The Hall–Kier alpha value is -1.39. The molecule has 1 fully saturated rings. The van der Waals surface area contributed by atoms with Crippen LogP contribution in [0, 0.1) is 0 Å². The summed E-state index contributed by atoms with van der Waals surface area (Å²) < 4.78 is 0. The molecule has 1 aromatic rings. The average Bonchev–Trinajstić information content (AvgIpc) is 2.88. The van der Waals surface area contributed by atoms with Gasteiger partial charge in [0.1, 0.15) is 0 Å². The predicted octanol–water partition coefficient (Wildman–Crippen LogP) is 1.72. The average molecular weight is 289 g/mol. The lowest BCUT2D eigenvalue weighted by Gasteiger charge is -2.21. The smallest absolute Gasteiger partial charge is 0.234 e. The van der Waals surface area contributed by atoms with E-state index in [0.29, 0.717) is 18.6 Å². The molecule has 4 heteroatoms. The molecule has 4 nitrogen and oxygen atoms in total. The zero-order chi connectivity index (χ0) is 15.2. The van der Waals surface area contributed by atoms with Gasteiger partial charge >= 0.3 is 0 Å². The molecule has 1 unspecified atom stereocenters. The van der Waals surface area contributed by atoms with E-state index in [-0.39, 0.29) is 5.91 Å². The third-order valence-corrected chi connectivity index (χ3v) is 4.02. The van der Waals surface area contributed by atoms with Gasteiger partial charge in [0, 0.05) is 31.7 Å². The van der Waals surface area contributed by atoms with Crippen molar-refractivity contribution in [3.05, 3.63) is 35.9 Å². The van der Waals surface area contributed by atoms with Crippen molar-refractivity contribution < 1.29 is 4.79 Å². The molecule has 0 radical (unpaired) electrons. The van der Waals surface area contributed by atoms with Gasteiger partial charge in [-0.15, -0.1) is 0 Å². The maximum absolute atomic E-state index is 12.1. The summed E-state index contributed by atoms with van der Waals surface area (Å²) in [4.78, 5) is 16.6. The minimum Gasteiger partial charge on any atom is -0.351 e. The number of carbonyl (C=O) groups is 1. The van der Waals surface area contributed by atoms with Gasteiger partial charge in [-0.1, -0.05) is 30.3 Å². The Morgan fingerprint density at radius 3 is 2.71 bits per heavy atom. The number of likely N-dealkylation sites (tertiary alicyclic amines) is 1. The minimum absolute atomic E-state index is 0.129. The number of nitrogens with one attached hydrogen (secondary N) is 1. The second kappa shape index (κ2) is 7.57. The van der Waals surface area contributed by atoms with Crippen LogP contribution in [0.1, 0.15) is 25.8 Å². The quantitative estimate of drug-likeness (QED) is 0.866. The molecule has 1 N–H and O–H groups in total. The molecule has 1 aliphatic heterocycles. The summed E-state index contributed by atoms with van der Waals surface area (Å²) in [5.74, 6) is 0.129. The van der Waals surface area contributed by atoms with Gasteiger partial charge in [0.15, 0.2) is 0 Å². The first kappa shape index (κ1) is 16.0. The fourth-order valence-corrected chi connectivity index (χ4v) is 2.84. The number of amides is 1. The third-order valence-electron chi connectivity index (χ3n) is 4.02. The summed E-state index contributed by atoms with van der Waals surface area (Å²) in [7, 11) is 1.99. The summed E-state index contributed by atoms with van der Waals surface area (Å²) in [6.07, 6.45) is 1.06. The molecule has 1 heterocycles. The molecule has 1 aliphatic rings. The second-order valence-electron chi connectivity index (χ2n) is 6.30. The van der Waals surface area contributed by atoms with Crippen molar-refractivity contribution in [3.8, 4) is 0 Å². The molecule has 1 amide bonds. The molecule has 0 bridgehead atoms. The highest BCUT2D eigenvalue weighted by atomic mass is 16.2. The lowest BCUT2D eigenvalue weighted by molar-refractivity contribution is -0.122. The zero-order valence-electron chi connectivity index (χ0n) is 13.4. The number of nitrogens with zero attached hydrogens (tertiary/aromatic N) is 2. The van der Waals surface area contributed by atoms with Crippen molar-refractivity contribution >= 4 is 5.91 Å². The highest BCUT2D eigenvalue weighted by Crippen LogP contribution is 2.12. The first-order valence-electron chi connectivity index (χ1n) is 7.80. The third kappa shape index (κ3) is 5.14. The molecule has 0 aliphatic carbocycles. The van der Waals surface area contributed by atoms with E-state index in [1.54, 1.807) is 0 Å². The zero-order valence-corrected chi connectivity index (χ0v) is 13.4.